The van der Waals surface area contributed by atoms with Crippen molar-refractivity contribution < 1.29 is 4.79 Å². The molecule has 170 valence electrons. The highest BCUT2D eigenvalue weighted by Crippen LogP contribution is 2.08. The number of amides is 1. The summed E-state index contributed by atoms with van der Waals surface area (Å²) in [5.41, 5.74) is 1.29. The fourth-order valence-electron chi connectivity index (χ4n) is 3.36. The Morgan fingerprint density at radius 3 is 2.27 bits per heavy atom. The van der Waals surface area contributed by atoms with Gasteiger partial charge >= 0.3 is 5.69 Å². The average Bonchev–Trinajstić information content (AvgIpc) is 2.82. The lowest BCUT2D eigenvalue weighted by atomic mass is 10.1. The van der Waals surface area contributed by atoms with Crippen LogP contribution in [-0.4, -0.2) is 52.0 Å². The predicted molar refractivity (Wildman–Crippen MR) is 126 cm³/mol. The number of aromatic nitrogens is 2. The number of nitriles is 1. The summed E-state index contributed by atoms with van der Waals surface area (Å²) in [7, 11) is 3.82. The van der Waals surface area contributed by atoms with Gasteiger partial charge in [0.1, 0.15) is 6.54 Å². The molecule has 0 unspecified atom stereocenters. The fourth-order valence-corrected chi connectivity index (χ4v) is 3.36. The highest BCUT2D eigenvalue weighted by atomic mass is 16.2. The van der Waals surface area contributed by atoms with Gasteiger partial charge in [-0.15, -0.1) is 0 Å². The second kappa shape index (κ2) is 11.1. The summed E-state index contributed by atoms with van der Waals surface area (Å²) in [5, 5.41) is 8.99. The molecule has 3 aromatic rings. The third-order valence-corrected chi connectivity index (χ3v) is 5.26. The van der Waals surface area contributed by atoms with E-state index in [9.17, 15) is 14.4 Å². The number of carbonyl (C=O) groups is 1. The largest absolute Gasteiger partial charge is 0.336 e. The molecular weight excluding hydrogens is 418 g/mol. The van der Waals surface area contributed by atoms with Gasteiger partial charge in [-0.1, -0.05) is 42.5 Å². The van der Waals surface area contributed by atoms with Gasteiger partial charge in [-0.25, -0.2) is 4.79 Å². The SMILES string of the molecule is CN(C)CCN(Cc1ccc(C#N)cc1)C(=O)Cn1c(=O)ccn(Cc2ccccc2)c1=O. The van der Waals surface area contributed by atoms with Gasteiger partial charge in [0.2, 0.25) is 5.91 Å². The first kappa shape index (κ1) is 23.7. The summed E-state index contributed by atoms with van der Waals surface area (Å²) >= 11 is 0. The minimum absolute atomic E-state index is 0.309. The minimum atomic E-state index is -0.523. The Kier molecular flexibility index (Phi) is 7.95. The van der Waals surface area contributed by atoms with Crippen LogP contribution in [0.25, 0.3) is 0 Å². The van der Waals surface area contributed by atoms with Crippen molar-refractivity contribution in [3.05, 3.63) is 104 Å². The van der Waals surface area contributed by atoms with Crippen molar-refractivity contribution in [2.45, 2.75) is 19.6 Å². The van der Waals surface area contributed by atoms with Crippen LogP contribution in [0.3, 0.4) is 0 Å². The zero-order chi connectivity index (χ0) is 23.8. The highest BCUT2D eigenvalue weighted by molar-refractivity contribution is 5.76. The van der Waals surface area contributed by atoms with Crippen molar-refractivity contribution in [3.63, 3.8) is 0 Å². The second-order valence-electron chi connectivity index (χ2n) is 8.06. The van der Waals surface area contributed by atoms with Crippen molar-refractivity contribution in [2.24, 2.45) is 0 Å². The summed E-state index contributed by atoms with van der Waals surface area (Å²) in [4.78, 5) is 42.2. The molecule has 1 amide bonds. The van der Waals surface area contributed by atoms with Crippen LogP contribution >= 0.6 is 0 Å². The molecule has 0 spiro atoms. The highest BCUT2D eigenvalue weighted by Gasteiger charge is 2.18. The van der Waals surface area contributed by atoms with Gasteiger partial charge in [0.05, 0.1) is 18.2 Å². The molecule has 0 aliphatic heterocycles. The molecule has 0 N–H and O–H groups in total. The molecular formula is C25H27N5O3. The third kappa shape index (κ3) is 6.51. The molecule has 1 aromatic heterocycles. The second-order valence-corrected chi connectivity index (χ2v) is 8.06. The Balaban J connectivity index is 1.82. The van der Waals surface area contributed by atoms with E-state index in [1.165, 1.54) is 16.8 Å². The number of nitrogens with zero attached hydrogens (tertiary/aromatic N) is 5. The minimum Gasteiger partial charge on any atom is -0.336 e. The molecule has 0 saturated carbocycles. The number of carbonyl (C=O) groups excluding carboxylic acids is 1. The molecule has 0 bridgehead atoms. The lowest BCUT2D eigenvalue weighted by molar-refractivity contribution is -0.132. The van der Waals surface area contributed by atoms with Gasteiger partial charge in [-0.3, -0.25) is 18.7 Å². The van der Waals surface area contributed by atoms with Gasteiger partial charge in [0.15, 0.2) is 0 Å². The summed E-state index contributed by atoms with van der Waals surface area (Å²) < 4.78 is 2.40. The van der Waals surface area contributed by atoms with Crippen LogP contribution < -0.4 is 11.2 Å². The van der Waals surface area contributed by atoms with Crippen molar-refractivity contribution in [2.75, 3.05) is 27.2 Å². The van der Waals surface area contributed by atoms with Crippen LogP contribution in [0.2, 0.25) is 0 Å². The van der Waals surface area contributed by atoms with E-state index in [2.05, 4.69) is 6.07 Å². The van der Waals surface area contributed by atoms with E-state index in [1.807, 2.05) is 49.3 Å². The molecule has 8 heteroatoms. The van der Waals surface area contributed by atoms with Crippen molar-refractivity contribution >= 4 is 5.91 Å². The predicted octanol–water partition coefficient (Wildman–Crippen LogP) is 1.52. The van der Waals surface area contributed by atoms with E-state index in [0.29, 0.717) is 31.7 Å². The maximum Gasteiger partial charge on any atom is 0.331 e. The molecule has 0 radical (unpaired) electrons. The number of hydrogen-bond donors (Lipinski definition) is 0. The van der Waals surface area contributed by atoms with E-state index in [0.717, 1.165) is 15.7 Å². The van der Waals surface area contributed by atoms with E-state index in [1.54, 1.807) is 29.2 Å². The number of benzene rings is 2. The quantitative estimate of drug-likeness (QED) is 0.498. The molecule has 33 heavy (non-hydrogen) atoms. The van der Waals surface area contributed by atoms with E-state index < -0.39 is 11.2 Å². The maximum absolute atomic E-state index is 13.2. The fraction of sp³-hybridized carbons (Fsp3) is 0.280. The normalized spacial score (nSPS) is 10.7. The van der Waals surface area contributed by atoms with Crippen molar-refractivity contribution in [3.8, 4) is 6.07 Å². The Labute approximate surface area is 192 Å². The molecule has 0 aliphatic carbocycles. The summed E-state index contributed by atoms with van der Waals surface area (Å²) in [6.45, 7) is 1.36. The summed E-state index contributed by atoms with van der Waals surface area (Å²) in [6.07, 6.45) is 1.46. The Morgan fingerprint density at radius 1 is 0.939 bits per heavy atom. The van der Waals surface area contributed by atoms with Crippen LogP contribution in [0.4, 0.5) is 0 Å². The third-order valence-electron chi connectivity index (χ3n) is 5.26. The van der Waals surface area contributed by atoms with Crippen molar-refractivity contribution in [1.82, 2.24) is 18.9 Å². The number of likely N-dealkylation sites (N-methyl/N-ethyl adjacent to an activating group) is 1. The van der Waals surface area contributed by atoms with Gasteiger partial charge in [0.25, 0.3) is 5.56 Å². The smallest absolute Gasteiger partial charge is 0.331 e. The maximum atomic E-state index is 13.2. The van der Waals surface area contributed by atoms with Crippen LogP contribution in [-0.2, 0) is 24.4 Å². The van der Waals surface area contributed by atoms with E-state index >= 15 is 0 Å². The molecule has 0 atom stereocenters. The Morgan fingerprint density at radius 2 is 1.64 bits per heavy atom. The molecule has 1 heterocycles. The first-order chi connectivity index (χ1) is 15.9. The molecule has 3 rings (SSSR count). The van der Waals surface area contributed by atoms with E-state index in [4.69, 9.17) is 5.26 Å². The molecule has 0 aliphatic rings. The zero-order valence-electron chi connectivity index (χ0n) is 18.8. The van der Waals surface area contributed by atoms with Crippen LogP contribution in [0.1, 0.15) is 16.7 Å². The summed E-state index contributed by atoms with van der Waals surface area (Å²) in [6, 6.07) is 19.8. The summed E-state index contributed by atoms with van der Waals surface area (Å²) in [5.74, 6) is -0.321. The number of rotatable bonds is 9. The molecule has 0 saturated heterocycles. The lowest BCUT2D eigenvalue weighted by Crippen LogP contribution is -2.45. The molecule has 8 nitrogen and oxygen atoms in total. The first-order valence-electron chi connectivity index (χ1n) is 10.6. The van der Waals surface area contributed by atoms with Crippen LogP contribution in [0.5, 0.6) is 0 Å². The molecule has 2 aromatic carbocycles. The van der Waals surface area contributed by atoms with Crippen LogP contribution in [0.15, 0.2) is 76.4 Å². The Bertz CT molecular complexity index is 1240. The Hall–Kier alpha value is -3.96. The standard InChI is InChI=1S/C25H27N5O3/c1-27(2)14-15-28(17-22-10-8-20(16-26)9-11-22)24(32)19-30-23(31)12-13-29(25(30)33)18-21-6-4-3-5-7-21/h3-13H,14-15,17-19H2,1-2H3. The van der Waals surface area contributed by atoms with Gasteiger partial charge < -0.3 is 9.80 Å². The van der Waals surface area contributed by atoms with Crippen LogP contribution in [0, 0.1) is 11.3 Å². The van der Waals surface area contributed by atoms with Gasteiger partial charge in [0, 0.05) is 31.9 Å². The average molecular weight is 446 g/mol. The lowest BCUT2D eigenvalue weighted by Gasteiger charge is -2.25. The number of hydrogen-bond acceptors (Lipinski definition) is 5. The topological polar surface area (TPSA) is 91.3 Å². The van der Waals surface area contributed by atoms with Gasteiger partial charge in [-0.2, -0.15) is 5.26 Å². The van der Waals surface area contributed by atoms with E-state index in [-0.39, 0.29) is 12.5 Å². The van der Waals surface area contributed by atoms with Crippen molar-refractivity contribution in [1.29, 1.82) is 5.26 Å². The monoisotopic (exact) mass is 445 g/mol. The first-order valence-corrected chi connectivity index (χ1v) is 10.6. The zero-order valence-corrected chi connectivity index (χ0v) is 18.8. The molecule has 0 fully saturated rings. The van der Waals surface area contributed by atoms with Gasteiger partial charge in [-0.05, 0) is 37.4 Å².